The summed E-state index contributed by atoms with van der Waals surface area (Å²) in [6.45, 7) is 6.81. The van der Waals surface area contributed by atoms with E-state index in [1.165, 1.54) is 4.80 Å². The number of carbonyl (C=O) groups excluding carboxylic acids is 1. The molecule has 0 N–H and O–H groups in total. The minimum Gasteiger partial charge on any atom is -0.372 e. The van der Waals surface area contributed by atoms with Gasteiger partial charge in [-0.25, -0.2) is 4.79 Å². The zero-order chi connectivity index (χ0) is 20.0. The van der Waals surface area contributed by atoms with Gasteiger partial charge in [0.1, 0.15) is 0 Å². The van der Waals surface area contributed by atoms with Gasteiger partial charge in [-0.15, -0.1) is 0 Å². The third kappa shape index (κ3) is 5.35. The van der Waals surface area contributed by atoms with Crippen LogP contribution in [-0.4, -0.2) is 48.3 Å². The summed E-state index contributed by atoms with van der Waals surface area (Å²) >= 11 is 0. The van der Waals surface area contributed by atoms with Gasteiger partial charge in [-0.2, -0.15) is 4.80 Å². The van der Waals surface area contributed by atoms with Crippen LogP contribution < -0.4 is 4.74 Å². The second-order valence-corrected chi connectivity index (χ2v) is 7.39. The standard InChI is InChI=1S/C20H24N6O2/c1-20(2,3)25(13-11-16-8-5-4-6-9-16)19(27)28-18-22-24-26(23-18)15-17-10-7-12-21-14-17/h4-10,12,14H,11,13,15H2,1-3H3. The minimum atomic E-state index is -0.496. The Labute approximate surface area is 164 Å². The molecule has 0 radical (unpaired) electrons. The van der Waals surface area contributed by atoms with Crippen LogP contribution in [0.25, 0.3) is 0 Å². The van der Waals surface area contributed by atoms with Gasteiger partial charge in [0.25, 0.3) is 0 Å². The van der Waals surface area contributed by atoms with E-state index in [0.29, 0.717) is 13.1 Å². The molecule has 0 unspecified atom stereocenters. The maximum Gasteiger partial charge on any atom is 0.418 e. The predicted molar refractivity (Wildman–Crippen MR) is 104 cm³/mol. The highest BCUT2D eigenvalue weighted by molar-refractivity contribution is 5.70. The smallest absolute Gasteiger partial charge is 0.372 e. The van der Waals surface area contributed by atoms with Crippen molar-refractivity contribution in [1.82, 2.24) is 30.1 Å². The molecule has 8 heteroatoms. The van der Waals surface area contributed by atoms with Gasteiger partial charge in [0, 0.05) is 24.5 Å². The first-order valence-electron chi connectivity index (χ1n) is 9.12. The largest absolute Gasteiger partial charge is 0.418 e. The molecule has 8 nitrogen and oxygen atoms in total. The third-order valence-electron chi connectivity index (χ3n) is 4.16. The van der Waals surface area contributed by atoms with Crippen molar-refractivity contribution in [1.29, 1.82) is 0 Å². The number of carbonyl (C=O) groups is 1. The molecule has 0 aliphatic carbocycles. The number of hydrogen-bond donors (Lipinski definition) is 0. The summed E-state index contributed by atoms with van der Waals surface area (Å²) in [6.07, 6.45) is 3.65. The molecule has 0 aliphatic heterocycles. The molecule has 0 spiro atoms. The molecular weight excluding hydrogens is 356 g/mol. The molecule has 146 valence electrons. The first kappa shape index (κ1) is 19.5. The first-order chi connectivity index (χ1) is 13.4. The van der Waals surface area contributed by atoms with E-state index in [2.05, 4.69) is 20.4 Å². The Morgan fingerprint density at radius 3 is 2.54 bits per heavy atom. The highest BCUT2D eigenvalue weighted by Crippen LogP contribution is 2.17. The van der Waals surface area contributed by atoms with E-state index >= 15 is 0 Å². The number of tetrazole rings is 1. The van der Waals surface area contributed by atoms with Gasteiger partial charge in [-0.3, -0.25) is 4.98 Å². The van der Waals surface area contributed by atoms with Crippen molar-refractivity contribution in [3.05, 3.63) is 66.0 Å². The van der Waals surface area contributed by atoms with E-state index < -0.39 is 11.6 Å². The second kappa shape index (κ2) is 8.60. The maximum absolute atomic E-state index is 12.7. The lowest BCUT2D eigenvalue weighted by atomic mass is 10.1. The fourth-order valence-electron chi connectivity index (χ4n) is 2.71. The van der Waals surface area contributed by atoms with Crippen molar-refractivity contribution in [2.45, 2.75) is 39.3 Å². The molecule has 1 aromatic carbocycles. The Kier molecular flexibility index (Phi) is 5.98. The summed E-state index contributed by atoms with van der Waals surface area (Å²) in [5, 5.41) is 11.9. The van der Waals surface area contributed by atoms with E-state index in [4.69, 9.17) is 4.74 Å². The van der Waals surface area contributed by atoms with Crippen LogP contribution in [0.3, 0.4) is 0 Å². The van der Waals surface area contributed by atoms with E-state index in [1.807, 2.05) is 63.2 Å². The van der Waals surface area contributed by atoms with Gasteiger partial charge >= 0.3 is 12.1 Å². The number of hydrogen-bond acceptors (Lipinski definition) is 6. The number of nitrogens with zero attached hydrogens (tertiary/aromatic N) is 6. The zero-order valence-electron chi connectivity index (χ0n) is 16.3. The number of aromatic nitrogens is 5. The van der Waals surface area contributed by atoms with Crippen molar-refractivity contribution in [2.24, 2.45) is 0 Å². The van der Waals surface area contributed by atoms with Crippen LogP contribution in [0.15, 0.2) is 54.9 Å². The number of amides is 1. The summed E-state index contributed by atoms with van der Waals surface area (Å²) in [4.78, 5) is 19.8. The summed E-state index contributed by atoms with van der Waals surface area (Å²) in [7, 11) is 0. The Morgan fingerprint density at radius 1 is 1.11 bits per heavy atom. The molecule has 2 heterocycles. The Morgan fingerprint density at radius 2 is 1.86 bits per heavy atom. The molecule has 28 heavy (non-hydrogen) atoms. The average molecular weight is 380 g/mol. The molecule has 0 fully saturated rings. The monoisotopic (exact) mass is 380 g/mol. The number of rotatable bonds is 6. The lowest BCUT2D eigenvalue weighted by molar-refractivity contribution is 0.104. The van der Waals surface area contributed by atoms with Gasteiger partial charge < -0.3 is 9.64 Å². The van der Waals surface area contributed by atoms with Crippen LogP contribution in [0.4, 0.5) is 4.79 Å². The Hall–Kier alpha value is -3.29. The minimum absolute atomic E-state index is 0.0668. The lowest BCUT2D eigenvalue weighted by Crippen LogP contribution is -2.48. The van der Waals surface area contributed by atoms with E-state index in [1.54, 1.807) is 17.3 Å². The fourth-order valence-corrected chi connectivity index (χ4v) is 2.71. The quantitative estimate of drug-likeness (QED) is 0.653. The molecule has 1 amide bonds. The van der Waals surface area contributed by atoms with Crippen LogP contribution in [0, 0.1) is 0 Å². The first-order valence-corrected chi connectivity index (χ1v) is 9.12. The van der Waals surface area contributed by atoms with Crippen LogP contribution in [0.2, 0.25) is 0 Å². The van der Waals surface area contributed by atoms with Gasteiger partial charge in [-0.05, 0) is 49.6 Å². The van der Waals surface area contributed by atoms with E-state index in [-0.39, 0.29) is 6.01 Å². The molecule has 0 saturated carbocycles. The highest BCUT2D eigenvalue weighted by Gasteiger charge is 2.29. The van der Waals surface area contributed by atoms with Gasteiger partial charge in [-0.1, -0.05) is 46.6 Å². The van der Waals surface area contributed by atoms with E-state index in [0.717, 1.165) is 17.5 Å². The summed E-state index contributed by atoms with van der Waals surface area (Å²) in [5.74, 6) is 0. The van der Waals surface area contributed by atoms with Crippen LogP contribution in [-0.2, 0) is 13.0 Å². The lowest BCUT2D eigenvalue weighted by Gasteiger charge is -2.34. The Bertz CT molecular complexity index is 890. The summed E-state index contributed by atoms with van der Waals surface area (Å²) in [6, 6.07) is 13.7. The molecule has 0 atom stereocenters. The topological polar surface area (TPSA) is 86.0 Å². The van der Waals surface area contributed by atoms with Gasteiger partial charge in [0.2, 0.25) is 0 Å². The van der Waals surface area contributed by atoms with E-state index in [9.17, 15) is 4.79 Å². The fraction of sp³-hybridized carbons (Fsp3) is 0.350. The summed E-state index contributed by atoms with van der Waals surface area (Å²) in [5.41, 5.74) is 1.68. The average Bonchev–Trinajstić information content (AvgIpc) is 3.09. The third-order valence-corrected chi connectivity index (χ3v) is 4.16. The predicted octanol–water partition coefficient (Wildman–Crippen LogP) is 2.96. The zero-order valence-corrected chi connectivity index (χ0v) is 16.3. The molecule has 0 saturated heterocycles. The molecule has 3 aromatic rings. The molecule has 3 rings (SSSR count). The van der Waals surface area contributed by atoms with Crippen LogP contribution >= 0.6 is 0 Å². The van der Waals surface area contributed by atoms with Crippen molar-refractivity contribution >= 4 is 6.09 Å². The Balaban J connectivity index is 1.63. The molecule has 0 aliphatic rings. The summed E-state index contributed by atoms with van der Waals surface area (Å²) < 4.78 is 5.38. The number of ether oxygens (including phenoxy) is 1. The molecule has 2 aromatic heterocycles. The number of pyridine rings is 1. The van der Waals surface area contributed by atoms with Crippen molar-refractivity contribution in [3.8, 4) is 6.01 Å². The second-order valence-electron chi connectivity index (χ2n) is 7.39. The van der Waals surface area contributed by atoms with Crippen LogP contribution in [0.1, 0.15) is 31.9 Å². The number of benzene rings is 1. The molecular formula is C20H24N6O2. The van der Waals surface area contributed by atoms with Crippen molar-refractivity contribution in [3.63, 3.8) is 0 Å². The van der Waals surface area contributed by atoms with Crippen LogP contribution in [0.5, 0.6) is 6.01 Å². The SMILES string of the molecule is CC(C)(C)N(CCc1ccccc1)C(=O)Oc1nnn(Cc2cccnc2)n1. The van der Waals surface area contributed by atoms with Gasteiger partial charge in [0.05, 0.1) is 6.54 Å². The maximum atomic E-state index is 12.7. The molecule has 0 bridgehead atoms. The normalized spacial score (nSPS) is 11.2. The van der Waals surface area contributed by atoms with Crippen molar-refractivity contribution in [2.75, 3.05) is 6.54 Å². The van der Waals surface area contributed by atoms with Crippen molar-refractivity contribution < 1.29 is 9.53 Å². The van der Waals surface area contributed by atoms with Gasteiger partial charge in [0.15, 0.2) is 0 Å². The highest BCUT2D eigenvalue weighted by atomic mass is 16.6.